The maximum absolute atomic E-state index is 11.4. The summed E-state index contributed by atoms with van der Waals surface area (Å²) in [6.07, 6.45) is 2.17. The van der Waals surface area contributed by atoms with Gasteiger partial charge in [0.25, 0.3) is 0 Å². The molecule has 0 aromatic heterocycles. The molecule has 3 atom stereocenters. The van der Waals surface area contributed by atoms with Crippen molar-refractivity contribution in [1.82, 2.24) is 4.90 Å². The summed E-state index contributed by atoms with van der Waals surface area (Å²) < 4.78 is 5.44. The number of nitrogens with zero attached hydrogens (tertiary/aromatic N) is 1. The third kappa shape index (κ3) is 2.23. The minimum atomic E-state index is -0.739. The first kappa shape index (κ1) is 13.6. The van der Waals surface area contributed by atoms with Crippen LogP contribution in [-0.4, -0.2) is 41.8 Å². The van der Waals surface area contributed by atoms with Crippen molar-refractivity contribution in [2.24, 2.45) is 5.92 Å². The van der Waals surface area contributed by atoms with Gasteiger partial charge >= 0.3 is 5.97 Å². The van der Waals surface area contributed by atoms with E-state index in [0.717, 1.165) is 19.4 Å². The molecule has 1 aromatic rings. The quantitative estimate of drug-likeness (QED) is 0.914. The van der Waals surface area contributed by atoms with E-state index in [4.69, 9.17) is 4.74 Å². The molecule has 1 heterocycles. The third-order valence-electron chi connectivity index (χ3n) is 4.66. The smallest absolute Gasteiger partial charge is 0.310 e. The molecule has 3 rings (SSSR count). The Kier molecular flexibility index (Phi) is 3.76. The van der Waals surface area contributed by atoms with Gasteiger partial charge in [0.2, 0.25) is 0 Å². The minimum Gasteiger partial charge on any atom is -0.481 e. The van der Waals surface area contributed by atoms with E-state index in [1.807, 2.05) is 0 Å². The van der Waals surface area contributed by atoms with Gasteiger partial charge in [-0.1, -0.05) is 31.2 Å². The van der Waals surface area contributed by atoms with Gasteiger partial charge in [0.05, 0.1) is 19.1 Å². The summed E-state index contributed by atoms with van der Waals surface area (Å²) in [5.74, 6) is -1.14. The van der Waals surface area contributed by atoms with Crippen molar-refractivity contribution in [3.8, 4) is 0 Å². The molecule has 2 aliphatic rings. The molecule has 0 radical (unpaired) electrons. The molecule has 1 N–H and O–H groups in total. The highest BCUT2D eigenvalue weighted by Crippen LogP contribution is 2.38. The number of carbonyl (C=O) groups is 1. The first-order chi connectivity index (χ1) is 9.72. The Hall–Kier alpha value is -1.39. The van der Waals surface area contributed by atoms with Crippen LogP contribution in [0.25, 0.3) is 0 Å². The lowest BCUT2D eigenvalue weighted by Gasteiger charge is -2.35. The van der Waals surface area contributed by atoms with Crippen LogP contribution in [0.5, 0.6) is 0 Å². The van der Waals surface area contributed by atoms with Crippen LogP contribution >= 0.6 is 0 Å². The number of likely N-dealkylation sites (N-methyl/N-ethyl adjacent to an activating group) is 1. The fourth-order valence-corrected chi connectivity index (χ4v) is 3.67. The van der Waals surface area contributed by atoms with Crippen molar-refractivity contribution in [1.29, 1.82) is 0 Å². The molecular formula is C16H21NO3. The molecule has 0 bridgehead atoms. The monoisotopic (exact) mass is 275 g/mol. The van der Waals surface area contributed by atoms with Crippen LogP contribution in [-0.2, 0) is 16.0 Å². The second-order valence-corrected chi connectivity index (χ2v) is 5.63. The third-order valence-corrected chi connectivity index (χ3v) is 4.66. The Bertz CT molecular complexity index is 502. The molecule has 3 unspecified atom stereocenters. The Morgan fingerprint density at radius 1 is 1.40 bits per heavy atom. The van der Waals surface area contributed by atoms with Crippen LogP contribution in [0.1, 0.15) is 30.5 Å². The lowest BCUT2D eigenvalue weighted by molar-refractivity contribution is -0.143. The van der Waals surface area contributed by atoms with Crippen LogP contribution in [0.4, 0.5) is 0 Å². The first-order valence-electron chi connectivity index (χ1n) is 7.36. The summed E-state index contributed by atoms with van der Waals surface area (Å²) in [5.41, 5.74) is 2.77. The summed E-state index contributed by atoms with van der Waals surface area (Å²) in [7, 11) is 0. The lowest BCUT2D eigenvalue weighted by Crippen LogP contribution is -2.44. The number of rotatable bonds is 4. The number of hydrogen-bond donors (Lipinski definition) is 1. The van der Waals surface area contributed by atoms with Gasteiger partial charge in [-0.3, -0.25) is 9.69 Å². The second kappa shape index (κ2) is 5.54. The van der Waals surface area contributed by atoms with Crippen LogP contribution in [0, 0.1) is 5.92 Å². The predicted molar refractivity (Wildman–Crippen MR) is 75.6 cm³/mol. The number of aliphatic carboxylic acids is 1. The van der Waals surface area contributed by atoms with Crippen molar-refractivity contribution in [2.45, 2.75) is 31.8 Å². The van der Waals surface area contributed by atoms with Crippen LogP contribution in [0.3, 0.4) is 0 Å². The largest absolute Gasteiger partial charge is 0.481 e. The van der Waals surface area contributed by atoms with Crippen molar-refractivity contribution >= 4 is 5.97 Å². The second-order valence-electron chi connectivity index (χ2n) is 5.63. The van der Waals surface area contributed by atoms with Crippen LogP contribution < -0.4 is 0 Å². The number of ether oxygens (including phenoxy) is 1. The predicted octanol–water partition coefficient (Wildman–Crippen LogP) is 2.10. The molecule has 1 saturated heterocycles. The zero-order valence-corrected chi connectivity index (χ0v) is 11.8. The van der Waals surface area contributed by atoms with Crippen molar-refractivity contribution in [2.75, 3.05) is 19.8 Å². The number of hydrogen-bond acceptors (Lipinski definition) is 3. The molecule has 4 heteroatoms. The fraction of sp³-hybridized carbons (Fsp3) is 0.562. The summed E-state index contributed by atoms with van der Waals surface area (Å²) in [6, 6.07) is 8.85. The Morgan fingerprint density at radius 3 is 2.95 bits per heavy atom. The summed E-state index contributed by atoms with van der Waals surface area (Å²) >= 11 is 0. The van der Waals surface area contributed by atoms with Crippen LogP contribution in [0.15, 0.2) is 24.3 Å². The molecule has 0 saturated carbocycles. The van der Waals surface area contributed by atoms with Gasteiger partial charge in [0.15, 0.2) is 0 Å². The zero-order chi connectivity index (χ0) is 14.1. The van der Waals surface area contributed by atoms with Gasteiger partial charge in [0.1, 0.15) is 0 Å². The number of benzene rings is 1. The maximum atomic E-state index is 11.4. The summed E-state index contributed by atoms with van der Waals surface area (Å²) in [4.78, 5) is 13.7. The lowest BCUT2D eigenvalue weighted by atomic mass is 9.98. The SMILES string of the molecule is CCN(C1CCc2ccccc21)C1COCC1C(=O)O. The first-order valence-corrected chi connectivity index (χ1v) is 7.36. The van der Waals surface area contributed by atoms with Gasteiger partial charge in [-0.05, 0) is 30.5 Å². The van der Waals surface area contributed by atoms with Gasteiger partial charge in [-0.2, -0.15) is 0 Å². The normalized spacial score (nSPS) is 28.8. The molecule has 1 fully saturated rings. The van der Waals surface area contributed by atoms with Gasteiger partial charge < -0.3 is 9.84 Å². The molecule has 108 valence electrons. The highest BCUT2D eigenvalue weighted by Gasteiger charge is 2.41. The molecule has 1 aromatic carbocycles. The molecule has 1 aliphatic heterocycles. The maximum Gasteiger partial charge on any atom is 0.310 e. The number of aryl methyl sites for hydroxylation is 1. The fourth-order valence-electron chi connectivity index (χ4n) is 3.67. The molecular weight excluding hydrogens is 254 g/mol. The summed E-state index contributed by atoms with van der Waals surface area (Å²) in [6.45, 7) is 3.84. The molecule has 1 aliphatic carbocycles. The van der Waals surface area contributed by atoms with E-state index < -0.39 is 11.9 Å². The standard InChI is InChI=1S/C16H21NO3/c1-2-17(15-10-20-9-13(15)16(18)19)14-8-7-11-5-3-4-6-12(11)14/h3-6,13-15H,2,7-10H2,1H3,(H,18,19). The minimum absolute atomic E-state index is 0.00587. The van der Waals surface area contributed by atoms with Gasteiger partial charge in [0, 0.05) is 12.1 Å². The van der Waals surface area contributed by atoms with E-state index in [1.165, 1.54) is 11.1 Å². The Labute approximate surface area is 119 Å². The average Bonchev–Trinajstić information content (AvgIpc) is 3.07. The van der Waals surface area contributed by atoms with Gasteiger partial charge in [-0.25, -0.2) is 0 Å². The Balaban J connectivity index is 1.86. The van der Waals surface area contributed by atoms with Gasteiger partial charge in [-0.15, -0.1) is 0 Å². The molecule has 0 spiro atoms. The molecule has 4 nitrogen and oxygen atoms in total. The van der Waals surface area contributed by atoms with E-state index in [9.17, 15) is 9.90 Å². The van der Waals surface area contributed by atoms with E-state index in [2.05, 4.69) is 36.1 Å². The van der Waals surface area contributed by atoms with E-state index in [0.29, 0.717) is 19.3 Å². The number of fused-ring (bicyclic) bond motifs is 1. The molecule has 0 amide bonds. The topological polar surface area (TPSA) is 49.8 Å². The zero-order valence-electron chi connectivity index (χ0n) is 11.8. The average molecular weight is 275 g/mol. The Morgan fingerprint density at radius 2 is 2.20 bits per heavy atom. The number of carboxylic acids is 1. The summed E-state index contributed by atoms with van der Waals surface area (Å²) in [5, 5.41) is 9.36. The van der Waals surface area contributed by atoms with E-state index >= 15 is 0 Å². The molecule has 20 heavy (non-hydrogen) atoms. The van der Waals surface area contributed by atoms with E-state index in [1.54, 1.807) is 0 Å². The highest BCUT2D eigenvalue weighted by molar-refractivity contribution is 5.71. The van der Waals surface area contributed by atoms with Crippen molar-refractivity contribution in [3.63, 3.8) is 0 Å². The van der Waals surface area contributed by atoms with Crippen molar-refractivity contribution in [3.05, 3.63) is 35.4 Å². The highest BCUT2D eigenvalue weighted by atomic mass is 16.5. The van der Waals surface area contributed by atoms with Crippen LogP contribution in [0.2, 0.25) is 0 Å². The van der Waals surface area contributed by atoms with Crippen molar-refractivity contribution < 1.29 is 14.6 Å². The number of carboxylic acid groups (broad SMARTS) is 1. The van der Waals surface area contributed by atoms with E-state index in [-0.39, 0.29) is 6.04 Å².